The molecule has 20 heavy (non-hydrogen) atoms. The number of hydrogen-bond donors (Lipinski definition) is 1. The van der Waals surface area contributed by atoms with Gasteiger partial charge in [0.1, 0.15) is 11.7 Å². The molecule has 4 nitrogen and oxygen atoms in total. The molecule has 1 aromatic carbocycles. The maximum Gasteiger partial charge on any atom is 0.573 e. The van der Waals surface area contributed by atoms with Crippen molar-refractivity contribution in [2.45, 2.75) is 26.1 Å². The third-order valence-corrected chi connectivity index (χ3v) is 2.41. The highest BCUT2D eigenvalue weighted by molar-refractivity contribution is 5.94. The van der Waals surface area contributed by atoms with Crippen LogP contribution in [0.1, 0.15) is 19.8 Å². The van der Waals surface area contributed by atoms with Gasteiger partial charge in [0.2, 0.25) is 5.91 Å². The van der Waals surface area contributed by atoms with Crippen LogP contribution in [-0.4, -0.2) is 12.3 Å². The first-order chi connectivity index (χ1) is 9.35. The summed E-state index contributed by atoms with van der Waals surface area (Å²) < 4.78 is 39.6. The Morgan fingerprint density at radius 2 is 2.00 bits per heavy atom. The number of benzene rings is 1. The molecule has 1 N–H and O–H groups in total. The number of anilines is 1. The standard InChI is InChI=1S/C13H13F3N2O2/c1-2-3-9(8-17)12(19)18-10-4-6-11(7-5-10)20-13(14,15)16/h4-7,9H,2-3H2,1H3,(H,18,19). The van der Waals surface area contributed by atoms with Crippen LogP contribution in [0.3, 0.4) is 0 Å². The van der Waals surface area contributed by atoms with Crippen molar-refractivity contribution in [1.29, 1.82) is 5.26 Å². The number of carbonyl (C=O) groups excluding carboxylic acids is 1. The van der Waals surface area contributed by atoms with Gasteiger partial charge in [-0.1, -0.05) is 13.3 Å². The Bertz CT molecular complexity index is 492. The first-order valence-electron chi connectivity index (χ1n) is 5.92. The quantitative estimate of drug-likeness (QED) is 0.901. The van der Waals surface area contributed by atoms with E-state index in [0.717, 1.165) is 12.1 Å². The summed E-state index contributed by atoms with van der Waals surface area (Å²) in [6.07, 6.45) is -3.64. The van der Waals surface area contributed by atoms with E-state index in [9.17, 15) is 18.0 Å². The maximum atomic E-state index is 12.0. The minimum Gasteiger partial charge on any atom is -0.406 e. The average Bonchev–Trinajstić information content (AvgIpc) is 2.36. The molecule has 1 rings (SSSR count). The third-order valence-electron chi connectivity index (χ3n) is 2.41. The minimum atomic E-state index is -4.75. The molecule has 0 spiro atoms. The Morgan fingerprint density at radius 1 is 1.40 bits per heavy atom. The van der Waals surface area contributed by atoms with Gasteiger partial charge in [-0.15, -0.1) is 13.2 Å². The molecular weight excluding hydrogens is 273 g/mol. The number of hydrogen-bond acceptors (Lipinski definition) is 3. The molecule has 0 aliphatic rings. The molecule has 0 aliphatic carbocycles. The molecule has 108 valence electrons. The second-order valence-corrected chi connectivity index (χ2v) is 4.03. The fourth-order valence-corrected chi connectivity index (χ4v) is 1.51. The van der Waals surface area contributed by atoms with Crippen molar-refractivity contribution in [3.63, 3.8) is 0 Å². The van der Waals surface area contributed by atoms with Crippen LogP contribution in [0.25, 0.3) is 0 Å². The lowest BCUT2D eigenvalue weighted by atomic mass is 10.0. The molecule has 7 heteroatoms. The lowest BCUT2D eigenvalue weighted by Crippen LogP contribution is -2.21. The Kier molecular flexibility index (Phi) is 5.38. The Morgan fingerprint density at radius 3 is 2.45 bits per heavy atom. The average molecular weight is 286 g/mol. The molecule has 0 radical (unpaired) electrons. The number of carbonyl (C=O) groups is 1. The van der Waals surface area contributed by atoms with Gasteiger partial charge in [-0.2, -0.15) is 5.26 Å². The van der Waals surface area contributed by atoms with Gasteiger partial charge < -0.3 is 10.1 Å². The minimum absolute atomic E-state index is 0.306. The number of rotatable bonds is 5. The van der Waals surface area contributed by atoms with Crippen LogP contribution >= 0.6 is 0 Å². The molecule has 1 amide bonds. The van der Waals surface area contributed by atoms with Crippen LogP contribution in [-0.2, 0) is 4.79 Å². The molecule has 0 saturated heterocycles. The fraction of sp³-hybridized carbons (Fsp3) is 0.385. The number of ether oxygens (including phenoxy) is 1. The van der Waals surface area contributed by atoms with Crippen molar-refractivity contribution in [3.8, 4) is 11.8 Å². The highest BCUT2D eigenvalue weighted by atomic mass is 19.4. The van der Waals surface area contributed by atoms with E-state index in [4.69, 9.17) is 5.26 Å². The van der Waals surface area contributed by atoms with Crippen LogP contribution in [0.5, 0.6) is 5.75 Å². The van der Waals surface area contributed by atoms with Gasteiger partial charge in [-0.05, 0) is 30.7 Å². The number of alkyl halides is 3. The predicted octanol–water partition coefficient (Wildman–Crippen LogP) is 3.46. The second-order valence-electron chi connectivity index (χ2n) is 4.03. The van der Waals surface area contributed by atoms with E-state index in [1.165, 1.54) is 12.1 Å². The van der Waals surface area contributed by atoms with E-state index in [0.29, 0.717) is 18.5 Å². The Labute approximate surface area is 114 Å². The molecule has 1 aromatic rings. The monoisotopic (exact) mass is 286 g/mol. The van der Waals surface area contributed by atoms with E-state index in [2.05, 4.69) is 10.1 Å². The van der Waals surface area contributed by atoms with Gasteiger partial charge in [-0.25, -0.2) is 0 Å². The van der Waals surface area contributed by atoms with Crippen LogP contribution in [0, 0.1) is 17.2 Å². The molecule has 0 saturated carbocycles. The van der Waals surface area contributed by atoms with Crippen molar-refractivity contribution in [2.24, 2.45) is 5.92 Å². The first-order valence-corrected chi connectivity index (χ1v) is 5.92. The van der Waals surface area contributed by atoms with Gasteiger partial charge in [0.15, 0.2) is 0 Å². The lowest BCUT2D eigenvalue weighted by Gasteiger charge is -2.11. The molecule has 0 aromatic heterocycles. The van der Waals surface area contributed by atoms with Gasteiger partial charge >= 0.3 is 6.36 Å². The van der Waals surface area contributed by atoms with Crippen molar-refractivity contribution in [2.75, 3.05) is 5.32 Å². The summed E-state index contributed by atoms with van der Waals surface area (Å²) in [4.78, 5) is 11.7. The highest BCUT2D eigenvalue weighted by Gasteiger charge is 2.31. The van der Waals surface area contributed by atoms with E-state index < -0.39 is 18.2 Å². The van der Waals surface area contributed by atoms with Crippen molar-refractivity contribution in [1.82, 2.24) is 0 Å². The van der Waals surface area contributed by atoms with E-state index in [-0.39, 0.29) is 5.75 Å². The topological polar surface area (TPSA) is 62.1 Å². The molecule has 0 aliphatic heterocycles. The summed E-state index contributed by atoms with van der Waals surface area (Å²) in [5, 5.41) is 11.3. The van der Waals surface area contributed by atoms with Crippen molar-refractivity contribution < 1.29 is 22.7 Å². The summed E-state index contributed by atoms with van der Waals surface area (Å²) in [6.45, 7) is 1.85. The smallest absolute Gasteiger partial charge is 0.406 e. The number of nitrogens with one attached hydrogen (secondary N) is 1. The maximum absolute atomic E-state index is 12.0. The SMILES string of the molecule is CCCC(C#N)C(=O)Nc1ccc(OC(F)(F)F)cc1. The summed E-state index contributed by atoms with van der Waals surface area (Å²) in [7, 11) is 0. The van der Waals surface area contributed by atoms with E-state index >= 15 is 0 Å². The van der Waals surface area contributed by atoms with E-state index in [1.807, 2.05) is 13.0 Å². The fourth-order valence-electron chi connectivity index (χ4n) is 1.51. The lowest BCUT2D eigenvalue weighted by molar-refractivity contribution is -0.274. The normalized spacial score (nSPS) is 12.3. The summed E-state index contributed by atoms with van der Waals surface area (Å²) in [5.41, 5.74) is 0.306. The van der Waals surface area contributed by atoms with Crippen LogP contribution in [0.15, 0.2) is 24.3 Å². The largest absolute Gasteiger partial charge is 0.573 e. The van der Waals surface area contributed by atoms with Crippen molar-refractivity contribution in [3.05, 3.63) is 24.3 Å². The van der Waals surface area contributed by atoms with Crippen LogP contribution in [0.4, 0.5) is 18.9 Å². The molecule has 0 fully saturated rings. The first kappa shape index (κ1) is 15.8. The van der Waals surface area contributed by atoms with Gasteiger partial charge in [0, 0.05) is 5.69 Å². The summed E-state index contributed by atoms with van der Waals surface area (Å²) in [5.74, 6) is -1.62. The Hall–Kier alpha value is -2.23. The predicted molar refractivity (Wildman–Crippen MR) is 65.8 cm³/mol. The summed E-state index contributed by atoms with van der Waals surface area (Å²) in [6, 6.07) is 6.61. The van der Waals surface area contributed by atoms with Crippen LogP contribution < -0.4 is 10.1 Å². The highest BCUT2D eigenvalue weighted by Crippen LogP contribution is 2.24. The van der Waals surface area contributed by atoms with Crippen molar-refractivity contribution >= 4 is 11.6 Å². The number of nitrogens with zero attached hydrogens (tertiary/aromatic N) is 1. The third kappa shape index (κ3) is 5.18. The Balaban J connectivity index is 2.66. The molecule has 1 atom stereocenters. The van der Waals surface area contributed by atoms with Gasteiger partial charge in [0.25, 0.3) is 0 Å². The number of nitriles is 1. The van der Waals surface area contributed by atoms with Crippen LogP contribution in [0.2, 0.25) is 0 Å². The molecule has 0 heterocycles. The molecular formula is C13H13F3N2O2. The zero-order valence-electron chi connectivity index (χ0n) is 10.7. The number of amides is 1. The number of halogens is 3. The second kappa shape index (κ2) is 6.80. The van der Waals surface area contributed by atoms with E-state index in [1.54, 1.807) is 0 Å². The molecule has 1 unspecified atom stereocenters. The van der Waals surface area contributed by atoms with Gasteiger partial charge in [-0.3, -0.25) is 4.79 Å². The summed E-state index contributed by atoms with van der Waals surface area (Å²) >= 11 is 0. The van der Waals surface area contributed by atoms with Gasteiger partial charge in [0.05, 0.1) is 6.07 Å². The zero-order chi connectivity index (χ0) is 15.2. The zero-order valence-corrected chi connectivity index (χ0v) is 10.7. The molecule has 0 bridgehead atoms.